The van der Waals surface area contributed by atoms with Crippen LogP contribution < -0.4 is 0 Å². The van der Waals surface area contributed by atoms with Crippen LogP contribution in [0.4, 0.5) is 65.9 Å². The van der Waals surface area contributed by atoms with Gasteiger partial charge in [-0.3, -0.25) is 0 Å². The Labute approximate surface area is 125 Å². The molecule has 0 atom stereocenters. The molecule has 0 aromatic heterocycles. The van der Waals surface area contributed by atoms with E-state index in [1.807, 2.05) is 0 Å². The average molecular weight is 510 g/mol. The van der Waals surface area contributed by atoms with Gasteiger partial charge in [-0.05, 0) is 0 Å². The zero-order valence-corrected chi connectivity index (χ0v) is 13.2. The summed E-state index contributed by atoms with van der Waals surface area (Å²) in [5, 5.41) is 0. The molecule has 0 aliphatic heterocycles. The summed E-state index contributed by atoms with van der Waals surface area (Å²) >= 11 is -9.86. The maximum atomic E-state index is 13.0. The van der Waals surface area contributed by atoms with Crippen LogP contribution in [0.15, 0.2) is 0 Å². The van der Waals surface area contributed by atoms with Crippen molar-refractivity contribution in [3.63, 3.8) is 0 Å². The first-order chi connectivity index (χ1) is 9.50. The molecule has 0 spiro atoms. The van der Waals surface area contributed by atoms with Crippen molar-refractivity contribution in [1.82, 2.24) is 0 Å². The zero-order chi connectivity index (χ0) is 19.5. The van der Waals surface area contributed by atoms with Crippen molar-refractivity contribution in [2.45, 2.75) is 32.8 Å². The molecule has 0 saturated carbocycles. The molecule has 0 aliphatic rings. The second-order valence-electron chi connectivity index (χ2n) is 3.87. The van der Waals surface area contributed by atoms with E-state index in [4.69, 9.17) is 0 Å². The summed E-state index contributed by atoms with van der Waals surface area (Å²) < 4.78 is 163. The van der Waals surface area contributed by atoms with Gasteiger partial charge in [0.15, 0.2) is 0 Å². The minimum atomic E-state index is -10.1. The van der Waals surface area contributed by atoms with E-state index in [2.05, 4.69) is 0 Å². The summed E-state index contributed by atoms with van der Waals surface area (Å²) in [6.45, 7) is 0. The molecule has 0 fully saturated rings. The molecule has 17 heteroatoms. The van der Waals surface area contributed by atoms with Gasteiger partial charge in [-0.2, -0.15) is 0 Å². The molecule has 140 valence electrons. The third kappa shape index (κ3) is 3.01. The fraction of sp³-hybridized carbons (Fsp3) is 1.00. The van der Waals surface area contributed by atoms with Crippen molar-refractivity contribution in [1.29, 1.82) is 0 Å². The van der Waals surface area contributed by atoms with Gasteiger partial charge in [0.1, 0.15) is 0 Å². The second-order valence-corrected chi connectivity index (χ2v) is 16.8. The number of hydrogen-bond acceptors (Lipinski definition) is 0. The van der Waals surface area contributed by atoms with E-state index in [0.717, 1.165) is 0 Å². The molecule has 0 radical (unpaired) electrons. The van der Waals surface area contributed by atoms with Crippen molar-refractivity contribution in [3.8, 4) is 0 Å². The monoisotopic (exact) mass is 510 g/mol. The van der Waals surface area contributed by atoms with Crippen LogP contribution in [-0.2, 0) is 0 Å². The maximum absolute atomic E-state index is 13.0. The molecule has 0 nitrogen and oxygen atoms in total. The first-order valence-electron chi connectivity index (χ1n) is 4.52. The van der Waals surface area contributed by atoms with Gasteiger partial charge in [0.2, 0.25) is 0 Å². The van der Waals surface area contributed by atoms with Gasteiger partial charge in [0.25, 0.3) is 0 Å². The van der Waals surface area contributed by atoms with E-state index in [9.17, 15) is 65.9 Å². The Bertz CT molecular complexity index is 376. The van der Waals surface area contributed by atoms with Crippen LogP contribution in [0.3, 0.4) is 0 Å². The number of halogens is 16. The molecule has 0 heterocycles. The van der Waals surface area contributed by atoms with Crippen LogP contribution in [0.5, 0.6) is 0 Å². The first-order valence-corrected chi connectivity index (χ1v) is 12.6. The Morgan fingerprint density at radius 3 is 0.609 bits per heavy atom. The van der Waals surface area contributed by atoms with Crippen LogP contribution in [-0.4, -0.2) is 44.2 Å². The summed E-state index contributed by atoms with van der Waals surface area (Å²) in [5.74, 6) is 0. The predicted molar refractivity (Wildman–Crippen MR) is 47.7 cm³/mol. The third-order valence-electron chi connectivity index (χ3n) is 2.37. The summed E-state index contributed by atoms with van der Waals surface area (Å²) in [6.07, 6.45) is -22.6. The Hall–Kier alpha value is -0.0271. The van der Waals surface area contributed by atoms with E-state index in [1.54, 1.807) is 0 Å². The topological polar surface area (TPSA) is 0 Å². The SMILES string of the molecule is FC(F)(F)[C](F)(F)[Ge]([Br])([C](F)(F)C(F)(F)F)[C](F)(F)C(F)(F)F. The minimum absolute atomic E-state index is 0.235. The Morgan fingerprint density at radius 1 is 0.391 bits per heavy atom. The van der Waals surface area contributed by atoms with Crippen molar-refractivity contribution in [2.24, 2.45) is 0 Å². The Morgan fingerprint density at radius 2 is 0.522 bits per heavy atom. The van der Waals surface area contributed by atoms with E-state index >= 15 is 0 Å². The quantitative estimate of drug-likeness (QED) is 0.346. The molecule has 0 amide bonds. The summed E-state index contributed by atoms with van der Waals surface area (Å²) in [4.78, 5) is 0. The second kappa shape index (κ2) is 5.49. The van der Waals surface area contributed by atoms with Crippen LogP contribution in [0.25, 0.3) is 0 Å². The number of alkyl halides is 15. The number of hydrogen-bond donors (Lipinski definition) is 0. The van der Waals surface area contributed by atoms with E-state index in [0.29, 0.717) is 0 Å². The fourth-order valence-electron chi connectivity index (χ4n) is 1.18. The van der Waals surface area contributed by atoms with Gasteiger partial charge in [0, 0.05) is 0 Å². The predicted octanol–water partition coefficient (Wildman–Crippen LogP) is 5.54. The number of rotatable bonds is 3. The molecule has 0 N–H and O–H groups in total. The average Bonchev–Trinajstić information content (AvgIpc) is 2.22. The summed E-state index contributed by atoms with van der Waals surface area (Å²) in [7, 11) is 0. The molecule has 0 aromatic carbocycles. The molecule has 0 rings (SSSR count). The van der Waals surface area contributed by atoms with Gasteiger partial charge in [-0.1, -0.05) is 0 Å². The molecule has 0 aromatic rings. The molecule has 23 heavy (non-hydrogen) atoms. The van der Waals surface area contributed by atoms with E-state index < -0.39 is 44.2 Å². The first kappa shape index (κ1) is 23.0. The summed E-state index contributed by atoms with van der Waals surface area (Å²) in [6, 6.07) is 0. The Kier molecular flexibility index (Phi) is 5.48. The van der Waals surface area contributed by atoms with E-state index in [-0.39, 0.29) is 14.0 Å². The molecule has 0 saturated heterocycles. The van der Waals surface area contributed by atoms with Crippen molar-refractivity contribution in [2.75, 3.05) is 0 Å². The van der Waals surface area contributed by atoms with Gasteiger partial charge in [0.05, 0.1) is 0 Å². The van der Waals surface area contributed by atoms with Gasteiger partial charge in [-0.25, -0.2) is 0 Å². The van der Waals surface area contributed by atoms with Crippen LogP contribution in [0, 0.1) is 0 Å². The van der Waals surface area contributed by atoms with Gasteiger partial charge in [-0.15, -0.1) is 0 Å². The fourth-order valence-corrected chi connectivity index (χ4v) is 9.62. The van der Waals surface area contributed by atoms with Gasteiger partial charge < -0.3 is 0 Å². The molecule has 0 aliphatic carbocycles. The van der Waals surface area contributed by atoms with Crippen molar-refractivity contribution >= 4 is 25.4 Å². The Balaban J connectivity index is 6.97. The molecule has 0 bridgehead atoms. The van der Waals surface area contributed by atoms with Crippen molar-refractivity contribution < 1.29 is 65.9 Å². The van der Waals surface area contributed by atoms with Crippen LogP contribution in [0.2, 0.25) is 0 Å². The molecule has 0 unspecified atom stereocenters. The van der Waals surface area contributed by atoms with Crippen LogP contribution in [0.1, 0.15) is 0 Å². The molecular weight excluding hydrogens is 510 g/mol. The molecular formula is C6BrF15Ge. The zero-order valence-electron chi connectivity index (χ0n) is 9.55. The third-order valence-corrected chi connectivity index (χ3v) is 17.4. The normalized spacial score (nSPS) is 16.7. The van der Waals surface area contributed by atoms with Gasteiger partial charge >= 0.3 is 124 Å². The standard InChI is InChI=1S/C6BrF15Ge/c7-23(4(17,18)1(8,9)10,5(19,20)2(11,12)13)6(21,22)3(14,15)16. The van der Waals surface area contributed by atoms with Crippen LogP contribution >= 0.6 is 14.0 Å². The van der Waals surface area contributed by atoms with Crippen molar-refractivity contribution in [3.05, 3.63) is 0 Å². The van der Waals surface area contributed by atoms with E-state index in [1.165, 1.54) is 0 Å². The summed E-state index contributed by atoms with van der Waals surface area (Å²) in [5.41, 5.74) is 0.